The molecule has 0 aliphatic carbocycles. The number of nitrogens with zero attached hydrogens (tertiary/aromatic N) is 2. The summed E-state index contributed by atoms with van der Waals surface area (Å²) in [6, 6.07) is 7.13. The maximum atomic E-state index is 13.1. The van der Waals surface area contributed by atoms with Crippen molar-refractivity contribution >= 4 is 34.2 Å². The SMILES string of the molecule is CC(=O)c1c(C)[nH]c(C(=O)[C@@H](C)Sc2nc3ccccc3c(=O)n2C(C)C)c1C. The van der Waals surface area contributed by atoms with E-state index in [0.29, 0.717) is 38.6 Å². The lowest BCUT2D eigenvalue weighted by Crippen LogP contribution is -2.26. The van der Waals surface area contributed by atoms with Gasteiger partial charge in [-0.15, -0.1) is 0 Å². The average molecular weight is 412 g/mol. The first-order valence-electron chi connectivity index (χ1n) is 9.55. The van der Waals surface area contributed by atoms with Crippen LogP contribution in [0.2, 0.25) is 0 Å². The summed E-state index contributed by atoms with van der Waals surface area (Å²) in [6.45, 7) is 10.7. The lowest BCUT2D eigenvalue weighted by molar-refractivity contribution is 0.0988. The molecule has 0 aliphatic rings. The van der Waals surface area contributed by atoms with Crippen LogP contribution < -0.4 is 5.56 Å². The zero-order chi connectivity index (χ0) is 21.5. The molecule has 2 aromatic heterocycles. The van der Waals surface area contributed by atoms with Gasteiger partial charge >= 0.3 is 0 Å². The number of hydrogen-bond donors (Lipinski definition) is 1. The van der Waals surface area contributed by atoms with Crippen LogP contribution in [-0.4, -0.2) is 31.4 Å². The fourth-order valence-electron chi connectivity index (χ4n) is 3.60. The number of nitrogens with one attached hydrogen (secondary N) is 1. The highest BCUT2D eigenvalue weighted by Crippen LogP contribution is 2.28. The van der Waals surface area contributed by atoms with Crippen molar-refractivity contribution in [2.24, 2.45) is 0 Å². The zero-order valence-electron chi connectivity index (χ0n) is 17.5. The van der Waals surface area contributed by atoms with Crippen molar-refractivity contribution in [3.05, 3.63) is 57.1 Å². The third kappa shape index (κ3) is 3.79. The van der Waals surface area contributed by atoms with E-state index < -0.39 is 5.25 Å². The molecule has 0 saturated carbocycles. The lowest BCUT2D eigenvalue weighted by atomic mass is 10.0. The summed E-state index contributed by atoms with van der Waals surface area (Å²) in [6.07, 6.45) is 0. The fourth-order valence-corrected chi connectivity index (χ4v) is 4.70. The number of hydrogen-bond acceptors (Lipinski definition) is 5. The molecule has 3 rings (SSSR count). The predicted molar refractivity (Wildman–Crippen MR) is 116 cm³/mol. The van der Waals surface area contributed by atoms with Gasteiger partial charge in [-0.3, -0.25) is 19.0 Å². The maximum absolute atomic E-state index is 13.1. The largest absolute Gasteiger partial charge is 0.355 e. The number of para-hydroxylation sites is 1. The van der Waals surface area contributed by atoms with Crippen molar-refractivity contribution in [2.75, 3.05) is 0 Å². The van der Waals surface area contributed by atoms with Gasteiger partial charge in [0.05, 0.1) is 21.8 Å². The monoisotopic (exact) mass is 411 g/mol. The molecular weight excluding hydrogens is 386 g/mol. The molecule has 1 N–H and O–H groups in total. The summed E-state index contributed by atoms with van der Waals surface area (Å²) in [5.41, 5.74) is 2.86. The van der Waals surface area contributed by atoms with Crippen LogP contribution in [-0.2, 0) is 0 Å². The highest BCUT2D eigenvalue weighted by molar-refractivity contribution is 8.00. The van der Waals surface area contributed by atoms with Gasteiger partial charge in [-0.25, -0.2) is 4.98 Å². The first-order chi connectivity index (χ1) is 13.6. The smallest absolute Gasteiger partial charge is 0.262 e. The summed E-state index contributed by atoms with van der Waals surface area (Å²) in [4.78, 5) is 45.7. The minimum absolute atomic E-state index is 0.0690. The number of carbonyl (C=O) groups excluding carboxylic acids is 2. The van der Waals surface area contributed by atoms with Crippen LogP contribution in [0.4, 0.5) is 0 Å². The van der Waals surface area contributed by atoms with Crippen molar-refractivity contribution in [1.82, 2.24) is 14.5 Å². The van der Waals surface area contributed by atoms with Crippen LogP contribution in [0, 0.1) is 13.8 Å². The highest BCUT2D eigenvalue weighted by Gasteiger charge is 2.26. The van der Waals surface area contributed by atoms with Gasteiger partial charge in [0.1, 0.15) is 0 Å². The summed E-state index contributed by atoms with van der Waals surface area (Å²) in [5, 5.41) is 0.591. The number of benzene rings is 1. The Labute approximate surface area is 173 Å². The Balaban J connectivity index is 2.02. The van der Waals surface area contributed by atoms with Gasteiger partial charge in [-0.2, -0.15) is 0 Å². The number of aromatic nitrogens is 3. The van der Waals surface area contributed by atoms with E-state index >= 15 is 0 Å². The topological polar surface area (TPSA) is 84.8 Å². The second-order valence-electron chi connectivity index (χ2n) is 7.49. The number of carbonyl (C=O) groups is 2. The molecule has 152 valence electrons. The lowest BCUT2D eigenvalue weighted by Gasteiger charge is -2.18. The minimum atomic E-state index is -0.482. The standard InChI is InChI=1S/C22H25N3O3S/c1-11(2)25-21(28)16-9-7-8-10-17(16)24-22(25)29-15(6)20(27)19-12(3)18(14(5)26)13(4)23-19/h7-11,15,23H,1-6H3/t15-/m1/s1. The van der Waals surface area contributed by atoms with E-state index in [1.54, 1.807) is 37.5 Å². The zero-order valence-corrected chi connectivity index (χ0v) is 18.3. The molecule has 6 nitrogen and oxygen atoms in total. The van der Waals surface area contributed by atoms with E-state index in [9.17, 15) is 14.4 Å². The van der Waals surface area contributed by atoms with Gasteiger partial charge in [-0.1, -0.05) is 23.9 Å². The molecule has 0 saturated heterocycles. The summed E-state index contributed by atoms with van der Waals surface area (Å²) in [5.74, 6) is -0.193. The number of aryl methyl sites for hydroxylation is 1. The molecule has 0 amide bonds. The molecule has 2 heterocycles. The fraction of sp³-hybridized carbons (Fsp3) is 0.364. The molecule has 0 aliphatic heterocycles. The molecule has 1 atom stereocenters. The highest BCUT2D eigenvalue weighted by atomic mass is 32.2. The van der Waals surface area contributed by atoms with Gasteiger partial charge < -0.3 is 4.98 Å². The Morgan fingerprint density at radius 1 is 1.14 bits per heavy atom. The second kappa shape index (κ2) is 7.99. The molecule has 1 aromatic carbocycles. The third-order valence-electron chi connectivity index (χ3n) is 4.98. The number of rotatable bonds is 6. The van der Waals surface area contributed by atoms with E-state index in [0.717, 1.165) is 0 Å². The number of aromatic amines is 1. The summed E-state index contributed by atoms with van der Waals surface area (Å²) in [7, 11) is 0. The van der Waals surface area contributed by atoms with Gasteiger partial charge in [0.25, 0.3) is 5.56 Å². The van der Waals surface area contributed by atoms with Gasteiger partial charge in [0.2, 0.25) is 0 Å². The Morgan fingerprint density at radius 2 is 1.79 bits per heavy atom. The quantitative estimate of drug-likeness (QED) is 0.367. The normalized spacial score (nSPS) is 12.5. The Morgan fingerprint density at radius 3 is 2.38 bits per heavy atom. The van der Waals surface area contributed by atoms with Crippen molar-refractivity contribution < 1.29 is 9.59 Å². The van der Waals surface area contributed by atoms with Gasteiger partial charge in [-0.05, 0) is 59.2 Å². The number of ketones is 2. The Kier molecular flexibility index (Phi) is 5.80. The van der Waals surface area contributed by atoms with E-state index in [1.165, 1.54) is 18.7 Å². The van der Waals surface area contributed by atoms with Crippen molar-refractivity contribution in [1.29, 1.82) is 0 Å². The number of thioether (sulfide) groups is 1. The number of fused-ring (bicyclic) bond motifs is 1. The van der Waals surface area contributed by atoms with Crippen LogP contribution in [0.3, 0.4) is 0 Å². The molecule has 7 heteroatoms. The first-order valence-corrected chi connectivity index (χ1v) is 10.4. The third-order valence-corrected chi connectivity index (χ3v) is 6.05. The number of H-pyrrole nitrogens is 1. The van der Waals surface area contributed by atoms with Crippen molar-refractivity contribution in [3.8, 4) is 0 Å². The summed E-state index contributed by atoms with van der Waals surface area (Å²) >= 11 is 1.26. The van der Waals surface area contributed by atoms with E-state index in [2.05, 4.69) is 9.97 Å². The minimum Gasteiger partial charge on any atom is -0.355 e. The predicted octanol–water partition coefficient (Wildman–Crippen LogP) is 4.49. The number of Topliss-reactive ketones (excluding diaryl/α,β-unsaturated/α-hetero) is 2. The molecule has 0 unspecified atom stereocenters. The maximum Gasteiger partial charge on any atom is 0.262 e. The van der Waals surface area contributed by atoms with E-state index in [4.69, 9.17) is 0 Å². The molecule has 0 radical (unpaired) electrons. The molecule has 0 spiro atoms. The first kappa shape index (κ1) is 21.0. The summed E-state index contributed by atoms with van der Waals surface area (Å²) < 4.78 is 1.63. The van der Waals surface area contributed by atoms with Crippen LogP contribution in [0.15, 0.2) is 34.2 Å². The van der Waals surface area contributed by atoms with Gasteiger partial charge in [0, 0.05) is 17.3 Å². The van der Waals surface area contributed by atoms with Crippen molar-refractivity contribution in [3.63, 3.8) is 0 Å². The van der Waals surface area contributed by atoms with Crippen LogP contribution in [0.5, 0.6) is 0 Å². The van der Waals surface area contributed by atoms with Crippen LogP contribution in [0.1, 0.15) is 65.8 Å². The Bertz CT molecular complexity index is 1170. The Hall–Kier alpha value is -2.67. The van der Waals surface area contributed by atoms with E-state index in [1.807, 2.05) is 26.0 Å². The molecular formula is C22H25N3O3S. The van der Waals surface area contributed by atoms with Crippen molar-refractivity contribution in [2.45, 2.75) is 58.0 Å². The molecule has 29 heavy (non-hydrogen) atoms. The average Bonchev–Trinajstić information content (AvgIpc) is 2.95. The van der Waals surface area contributed by atoms with E-state index in [-0.39, 0.29) is 23.2 Å². The van der Waals surface area contributed by atoms with Crippen LogP contribution >= 0.6 is 11.8 Å². The second-order valence-corrected chi connectivity index (χ2v) is 8.79. The molecule has 0 bridgehead atoms. The molecule has 3 aromatic rings. The molecule has 0 fully saturated rings. The van der Waals surface area contributed by atoms with Crippen LogP contribution in [0.25, 0.3) is 10.9 Å². The van der Waals surface area contributed by atoms with Gasteiger partial charge in [0.15, 0.2) is 16.7 Å².